The lowest BCUT2D eigenvalue weighted by Gasteiger charge is -2.19. The zero-order chi connectivity index (χ0) is 13.4. The molecule has 0 bridgehead atoms. The summed E-state index contributed by atoms with van der Waals surface area (Å²) in [6.45, 7) is -0.292. The molecule has 0 spiro atoms. The van der Waals surface area contributed by atoms with Crippen LogP contribution >= 0.6 is 0 Å². The lowest BCUT2D eigenvalue weighted by molar-refractivity contribution is -0.00438. The molecule has 1 aromatic rings. The molecule has 1 aromatic heterocycles. The van der Waals surface area contributed by atoms with Crippen LogP contribution in [-0.4, -0.2) is 48.7 Å². The molecule has 0 amide bonds. The summed E-state index contributed by atoms with van der Waals surface area (Å²) in [5.41, 5.74) is 10.1. The van der Waals surface area contributed by atoms with Crippen LogP contribution in [0.25, 0.3) is 0 Å². The van der Waals surface area contributed by atoms with E-state index in [0.717, 1.165) is 4.57 Å². The lowest BCUT2D eigenvalue weighted by atomic mass is 10.1. The van der Waals surface area contributed by atoms with Gasteiger partial charge in [0.15, 0.2) is 0 Å². The molecule has 1 aliphatic carbocycles. The van der Waals surface area contributed by atoms with Crippen molar-refractivity contribution in [1.29, 1.82) is 0 Å². The maximum absolute atomic E-state index is 11.7. The van der Waals surface area contributed by atoms with Gasteiger partial charge < -0.3 is 26.8 Å². The number of aliphatic hydroxyl groups is 3. The van der Waals surface area contributed by atoms with Crippen molar-refractivity contribution in [3.05, 3.63) is 10.5 Å². The van der Waals surface area contributed by atoms with Gasteiger partial charge in [-0.15, -0.1) is 0 Å². The normalized spacial score (nSPS) is 31.7. The van der Waals surface area contributed by atoms with Crippen LogP contribution in [0.5, 0.6) is 0 Å². The Morgan fingerprint density at radius 1 is 1.28 bits per heavy atom. The SMILES string of the molecule is Nc1nc(N)n([C@@H]2C[C@H](CO)[C@@H](O)[C@H]2O)c(=O)n1. The highest BCUT2D eigenvalue weighted by molar-refractivity contribution is 5.26. The fraction of sp³-hybridized carbons (Fsp3) is 0.667. The Labute approximate surface area is 102 Å². The molecule has 2 rings (SSSR count). The zero-order valence-electron chi connectivity index (χ0n) is 9.47. The summed E-state index contributed by atoms with van der Waals surface area (Å²) in [6, 6.07) is -0.773. The van der Waals surface area contributed by atoms with Crippen molar-refractivity contribution >= 4 is 11.9 Å². The molecule has 1 heterocycles. The fourth-order valence-corrected chi connectivity index (χ4v) is 2.29. The van der Waals surface area contributed by atoms with Crippen LogP contribution in [0.3, 0.4) is 0 Å². The second-order valence-corrected chi connectivity index (χ2v) is 4.32. The molecule has 0 radical (unpaired) electrons. The quantitative estimate of drug-likeness (QED) is 0.376. The van der Waals surface area contributed by atoms with Crippen molar-refractivity contribution in [2.75, 3.05) is 18.1 Å². The first-order valence-corrected chi connectivity index (χ1v) is 5.44. The van der Waals surface area contributed by atoms with Gasteiger partial charge in [0.2, 0.25) is 11.9 Å². The number of rotatable bonds is 2. The second-order valence-electron chi connectivity index (χ2n) is 4.32. The summed E-state index contributed by atoms with van der Waals surface area (Å²) in [5, 5.41) is 28.6. The van der Waals surface area contributed by atoms with Gasteiger partial charge in [-0.25, -0.2) is 4.79 Å². The minimum absolute atomic E-state index is 0.178. The van der Waals surface area contributed by atoms with Crippen LogP contribution in [0.4, 0.5) is 11.9 Å². The fourth-order valence-electron chi connectivity index (χ4n) is 2.29. The van der Waals surface area contributed by atoms with Crippen molar-refractivity contribution in [2.45, 2.75) is 24.7 Å². The van der Waals surface area contributed by atoms with Crippen LogP contribution in [-0.2, 0) is 0 Å². The molecule has 9 heteroatoms. The Kier molecular flexibility index (Phi) is 3.20. The largest absolute Gasteiger partial charge is 0.396 e. The third-order valence-electron chi connectivity index (χ3n) is 3.23. The first-order valence-electron chi connectivity index (χ1n) is 5.44. The molecule has 100 valence electrons. The number of nitrogens with two attached hydrogens (primary N) is 2. The van der Waals surface area contributed by atoms with Crippen molar-refractivity contribution in [1.82, 2.24) is 14.5 Å². The van der Waals surface area contributed by atoms with Crippen molar-refractivity contribution < 1.29 is 15.3 Å². The number of aliphatic hydroxyl groups excluding tert-OH is 3. The van der Waals surface area contributed by atoms with Crippen molar-refractivity contribution in [2.24, 2.45) is 5.92 Å². The standard InChI is InChI=1S/C9H15N5O4/c10-7-12-8(11)14(9(18)13-7)4-1-3(2-15)5(16)6(4)17/h3-6,15-17H,1-2H2,(H4,10,11,12,13,18)/t3-,4-,5-,6+/m1/s1. The summed E-state index contributed by atoms with van der Waals surface area (Å²) in [5.74, 6) is -0.948. The van der Waals surface area contributed by atoms with Gasteiger partial charge in [0.1, 0.15) is 6.10 Å². The topological polar surface area (TPSA) is 161 Å². The first-order chi connectivity index (χ1) is 8.45. The van der Waals surface area contributed by atoms with Gasteiger partial charge in [-0.3, -0.25) is 4.57 Å². The highest BCUT2D eigenvalue weighted by Crippen LogP contribution is 2.35. The Balaban J connectivity index is 2.42. The molecule has 0 aromatic carbocycles. The molecule has 1 fully saturated rings. The molecular formula is C9H15N5O4. The van der Waals surface area contributed by atoms with Gasteiger partial charge in [0.25, 0.3) is 0 Å². The highest BCUT2D eigenvalue weighted by Gasteiger charge is 2.43. The molecule has 4 atom stereocenters. The minimum Gasteiger partial charge on any atom is -0.396 e. The van der Waals surface area contributed by atoms with Crippen molar-refractivity contribution in [3.63, 3.8) is 0 Å². The number of hydrogen-bond donors (Lipinski definition) is 5. The lowest BCUT2D eigenvalue weighted by Crippen LogP contribution is -2.37. The number of aromatic nitrogens is 3. The van der Waals surface area contributed by atoms with E-state index in [4.69, 9.17) is 16.6 Å². The monoisotopic (exact) mass is 257 g/mol. The van der Waals surface area contributed by atoms with Gasteiger partial charge in [-0.1, -0.05) is 0 Å². The van der Waals surface area contributed by atoms with E-state index in [1.54, 1.807) is 0 Å². The predicted molar refractivity (Wildman–Crippen MR) is 61.4 cm³/mol. The second kappa shape index (κ2) is 4.52. The maximum Gasteiger partial charge on any atom is 0.353 e. The van der Waals surface area contributed by atoms with Gasteiger partial charge >= 0.3 is 5.69 Å². The Morgan fingerprint density at radius 3 is 2.44 bits per heavy atom. The first kappa shape index (κ1) is 12.7. The summed E-state index contributed by atoms with van der Waals surface area (Å²) in [6.07, 6.45) is -2.13. The Morgan fingerprint density at radius 2 is 1.94 bits per heavy atom. The molecule has 7 N–H and O–H groups in total. The van der Waals surface area contributed by atoms with E-state index >= 15 is 0 Å². The molecule has 0 saturated heterocycles. The van der Waals surface area contributed by atoms with Crippen LogP contribution in [0.2, 0.25) is 0 Å². The van der Waals surface area contributed by atoms with E-state index in [1.807, 2.05) is 0 Å². The number of hydrogen-bond acceptors (Lipinski definition) is 8. The molecule has 18 heavy (non-hydrogen) atoms. The molecule has 1 aliphatic rings. The third-order valence-corrected chi connectivity index (χ3v) is 3.23. The Hall–Kier alpha value is -1.71. The molecule has 9 nitrogen and oxygen atoms in total. The number of nitrogen functional groups attached to an aromatic ring is 2. The molecule has 0 unspecified atom stereocenters. The Bertz CT molecular complexity index is 504. The summed E-state index contributed by atoms with van der Waals surface area (Å²) < 4.78 is 0.986. The highest BCUT2D eigenvalue weighted by atomic mass is 16.3. The van der Waals surface area contributed by atoms with E-state index in [-0.39, 0.29) is 24.9 Å². The average Bonchev–Trinajstić information content (AvgIpc) is 2.56. The van der Waals surface area contributed by atoms with Gasteiger partial charge in [-0.05, 0) is 6.42 Å². The van der Waals surface area contributed by atoms with Gasteiger partial charge in [-0.2, -0.15) is 9.97 Å². The summed E-state index contributed by atoms with van der Waals surface area (Å²) >= 11 is 0. The van der Waals surface area contributed by atoms with Crippen molar-refractivity contribution in [3.8, 4) is 0 Å². The average molecular weight is 257 g/mol. The smallest absolute Gasteiger partial charge is 0.353 e. The maximum atomic E-state index is 11.7. The van der Waals surface area contributed by atoms with E-state index in [2.05, 4.69) is 9.97 Å². The van der Waals surface area contributed by atoms with E-state index in [9.17, 15) is 15.0 Å². The molecular weight excluding hydrogens is 242 g/mol. The van der Waals surface area contributed by atoms with Crippen LogP contribution < -0.4 is 17.2 Å². The third kappa shape index (κ3) is 1.92. The molecule has 1 saturated carbocycles. The zero-order valence-corrected chi connectivity index (χ0v) is 9.47. The summed E-state index contributed by atoms with van der Waals surface area (Å²) in [4.78, 5) is 18.8. The minimum atomic E-state index is -1.21. The number of anilines is 2. The van der Waals surface area contributed by atoms with Crippen LogP contribution in [0.15, 0.2) is 4.79 Å². The number of nitrogens with zero attached hydrogens (tertiary/aromatic N) is 3. The van der Waals surface area contributed by atoms with E-state index < -0.39 is 29.9 Å². The van der Waals surface area contributed by atoms with E-state index in [1.165, 1.54) is 0 Å². The van der Waals surface area contributed by atoms with Crippen LogP contribution in [0.1, 0.15) is 12.5 Å². The predicted octanol–water partition coefficient (Wildman–Crippen LogP) is -2.92. The van der Waals surface area contributed by atoms with Gasteiger partial charge in [0, 0.05) is 12.5 Å². The van der Waals surface area contributed by atoms with Crippen LogP contribution in [0, 0.1) is 5.92 Å². The summed E-state index contributed by atoms with van der Waals surface area (Å²) in [7, 11) is 0. The molecule has 0 aliphatic heterocycles. The van der Waals surface area contributed by atoms with E-state index in [0.29, 0.717) is 0 Å². The van der Waals surface area contributed by atoms with Gasteiger partial charge in [0.05, 0.1) is 12.1 Å².